The lowest BCUT2D eigenvalue weighted by Gasteiger charge is -2.24. The average Bonchev–Trinajstić information content (AvgIpc) is 3.68. The largest absolute Gasteiger partial charge is 0.456 e. The maximum Gasteiger partial charge on any atom is 0.167 e. The summed E-state index contributed by atoms with van der Waals surface area (Å²) in [6.45, 7) is 0. The number of hydrogen-bond donors (Lipinski definition) is 0. The highest BCUT2D eigenvalue weighted by Crippen LogP contribution is 2.36. The summed E-state index contributed by atoms with van der Waals surface area (Å²) in [5.41, 5.74) is 25.7. The lowest BCUT2D eigenvalue weighted by atomic mass is 9.57. The van der Waals surface area contributed by atoms with Crippen LogP contribution in [0.5, 0.6) is 0 Å². The molecule has 274 valence electrons. The zero-order valence-electron chi connectivity index (χ0n) is 36.6. The molecule has 0 N–H and O–H groups in total. The maximum atomic E-state index is 7.24. The molecule has 9 aromatic rings. The van der Waals surface area contributed by atoms with E-state index in [4.69, 9.17) is 19.4 Å². The van der Waals surface area contributed by atoms with Crippen molar-refractivity contribution >= 4 is 168 Å². The van der Waals surface area contributed by atoms with Crippen LogP contribution in [0.4, 0.5) is 0 Å². The third-order valence-electron chi connectivity index (χ3n) is 13.7. The summed E-state index contributed by atoms with van der Waals surface area (Å²) >= 11 is 0. The van der Waals surface area contributed by atoms with E-state index in [0.29, 0.717) is 17.5 Å². The van der Waals surface area contributed by atoms with Gasteiger partial charge in [0.2, 0.25) is 0 Å². The number of nitrogens with zero attached hydrogens (tertiary/aromatic N) is 3. The van der Waals surface area contributed by atoms with E-state index in [2.05, 4.69) is 171 Å². The molecule has 0 fully saturated rings. The van der Waals surface area contributed by atoms with Crippen molar-refractivity contribution < 1.29 is 4.42 Å². The second-order valence-electron chi connectivity index (χ2n) is 16.7. The Morgan fingerprint density at radius 1 is 0.267 bits per heavy atom. The first-order valence-corrected chi connectivity index (χ1v) is 21.0. The third-order valence-corrected chi connectivity index (χ3v) is 13.7. The molecule has 0 saturated carbocycles. The Bertz CT molecular complexity index is 3170. The van der Waals surface area contributed by atoms with E-state index in [9.17, 15) is 0 Å². The zero-order chi connectivity index (χ0) is 42.1. The Balaban J connectivity index is 1.27. The normalized spacial score (nSPS) is 11.4. The van der Waals surface area contributed by atoms with Gasteiger partial charge >= 0.3 is 0 Å². The van der Waals surface area contributed by atoms with Crippen LogP contribution >= 0.6 is 0 Å². The SMILES string of the molecule is Bc1c(B)c(B)c(-c2c(B)c(B)c(B)c3oc4c(-c5nc(-c6ccccc6)nc(-c6ccc(-c7ccc(-c8ccccc8)cc7)cc6)n5)c(B)c(B)c(B)c4c23)c(B)c1B. The predicted molar refractivity (Wildman–Crippen MR) is 290 cm³/mol. The number of benzene rings is 7. The van der Waals surface area contributed by atoms with Crippen molar-refractivity contribution in [2.45, 2.75) is 0 Å². The molecule has 0 radical (unpaired) electrons. The van der Waals surface area contributed by atoms with Gasteiger partial charge in [0.15, 0.2) is 17.5 Å². The molecule has 0 amide bonds. The molecular weight excluding hydrogens is 717 g/mol. The first-order valence-electron chi connectivity index (χ1n) is 21.0. The standard InChI is InChI=1S/C45H40B11N3O/c46-30-25(27-31(47)36(52)39(55)37(53)32(27)48)26-28-33(49)35(51)34(50)29(41(28)60-42(26)40(56)38(30)54)45-58-43(23-9-5-2-6-10-23)57-44(59-45)24-17-15-22(16-18-24)21-13-11-20(12-14-21)19-7-3-1-4-8-19/h1-18H,46-56H2. The van der Waals surface area contributed by atoms with E-state index in [-0.39, 0.29) is 0 Å². The summed E-state index contributed by atoms with van der Waals surface area (Å²) < 4.78 is 7.24. The minimum atomic E-state index is 0.603. The fourth-order valence-corrected chi connectivity index (χ4v) is 9.21. The monoisotopic (exact) mass is 759 g/mol. The van der Waals surface area contributed by atoms with Gasteiger partial charge in [-0.1, -0.05) is 153 Å². The summed E-state index contributed by atoms with van der Waals surface area (Å²) in [7, 11) is 24.7. The summed E-state index contributed by atoms with van der Waals surface area (Å²) in [5.74, 6) is 1.84. The van der Waals surface area contributed by atoms with Crippen LogP contribution in [0, 0.1) is 0 Å². The van der Waals surface area contributed by atoms with Gasteiger partial charge in [0.25, 0.3) is 0 Å². The van der Waals surface area contributed by atoms with Crippen LogP contribution in [0.15, 0.2) is 114 Å². The Labute approximate surface area is 362 Å². The second kappa shape index (κ2) is 15.3. The molecule has 0 aliphatic heterocycles. The fourth-order valence-electron chi connectivity index (χ4n) is 9.21. The molecule has 0 spiro atoms. The molecule has 7 aromatic carbocycles. The number of furan rings is 1. The molecule has 2 aromatic heterocycles. The summed E-state index contributed by atoms with van der Waals surface area (Å²) in [6, 6.07) is 38.0. The average molecular weight is 758 g/mol. The molecule has 0 aliphatic carbocycles. The highest BCUT2D eigenvalue weighted by Gasteiger charge is 2.28. The van der Waals surface area contributed by atoms with Crippen molar-refractivity contribution in [1.82, 2.24) is 15.0 Å². The molecule has 0 aliphatic rings. The molecule has 0 unspecified atom stereocenters. The van der Waals surface area contributed by atoms with Gasteiger partial charge in [0.05, 0.1) is 5.56 Å². The predicted octanol–water partition coefficient (Wildman–Crippen LogP) is -7.38. The van der Waals surface area contributed by atoms with Gasteiger partial charge < -0.3 is 4.42 Å². The molecule has 2 heterocycles. The lowest BCUT2D eigenvalue weighted by Crippen LogP contribution is -2.56. The van der Waals surface area contributed by atoms with Crippen LogP contribution in [-0.4, -0.2) is 101 Å². The van der Waals surface area contributed by atoms with E-state index < -0.39 is 0 Å². The number of rotatable bonds is 6. The smallest absolute Gasteiger partial charge is 0.167 e. The van der Waals surface area contributed by atoms with Crippen LogP contribution in [-0.2, 0) is 0 Å². The van der Waals surface area contributed by atoms with Gasteiger partial charge in [-0.25, -0.2) is 15.0 Å². The summed E-state index contributed by atoms with van der Waals surface area (Å²) in [6.07, 6.45) is 0. The first-order chi connectivity index (χ1) is 28.8. The summed E-state index contributed by atoms with van der Waals surface area (Å²) in [4.78, 5) is 15.7. The molecule has 0 atom stereocenters. The Morgan fingerprint density at radius 3 is 1.13 bits per heavy atom. The highest BCUT2D eigenvalue weighted by molar-refractivity contribution is 6.71. The highest BCUT2D eigenvalue weighted by atomic mass is 16.3. The van der Waals surface area contributed by atoms with Crippen molar-refractivity contribution in [3.05, 3.63) is 109 Å². The van der Waals surface area contributed by atoms with Gasteiger partial charge in [-0.05, 0) is 33.4 Å². The Morgan fingerprint density at radius 2 is 0.617 bits per heavy atom. The zero-order valence-corrected chi connectivity index (χ0v) is 36.6. The number of aromatic nitrogens is 3. The molecule has 15 heteroatoms. The van der Waals surface area contributed by atoms with Crippen molar-refractivity contribution in [1.29, 1.82) is 0 Å². The van der Waals surface area contributed by atoms with Gasteiger partial charge in [0, 0.05) is 21.9 Å². The maximum absolute atomic E-state index is 7.24. The van der Waals surface area contributed by atoms with Gasteiger partial charge in [-0.2, -0.15) is 0 Å². The van der Waals surface area contributed by atoms with Gasteiger partial charge in [0.1, 0.15) is 97.5 Å². The summed E-state index contributed by atoms with van der Waals surface area (Å²) in [5, 5.41) is 2.30. The van der Waals surface area contributed by atoms with Gasteiger partial charge in [-0.3, -0.25) is 0 Å². The van der Waals surface area contributed by atoms with E-state index in [1.165, 1.54) is 76.8 Å². The second-order valence-corrected chi connectivity index (χ2v) is 16.7. The molecular formula is C45H40B11N3O. The molecule has 0 saturated heterocycles. The topological polar surface area (TPSA) is 51.8 Å². The fraction of sp³-hybridized carbons (Fsp3) is 0. The first kappa shape index (κ1) is 39.5. The van der Waals surface area contributed by atoms with E-state index in [1.54, 1.807) is 0 Å². The van der Waals surface area contributed by atoms with E-state index in [0.717, 1.165) is 55.3 Å². The van der Waals surface area contributed by atoms with Crippen LogP contribution in [0.25, 0.3) is 89.5 Å². The van der Waals surface area contributed by atoms with E-state index in [1.807, 2.05) is 24.3 Å². The van der Waals surface area contributed by atoms with Crippen molar-refractivity contribution in [3.8, 4) is 67.5 Å². The van der Waals surface area contributed by atoms with Crippen LogP contribution < -0.4 is 60.1 Å². The minimum absolute atomic E-state index is 0.603. The van der Waals surface area contributed by atoms with Crippen LogP contribution in [0.1, 0.15) is 0 Å². The van der Waals surface area contributed by atoms with Crippen LogP contribution in [0.3, 0.4) is 0 Å². The van der Waals surface area contributed by atoms with Gasteiger partial charge in [-0.15, -0.1) is 16.4 Å². The lowest BCUT2D eigenvalue weighted by molar-refractivity contribution is 0.673. The van der Waals surface area contributed by atoms with Crippen molar-refractivity contribution in [2.75, 3.05) is 0 Å². The molecule has 60 heavy (non-hydrogen) atoms. The molecule has 0 bridgehead atoms. The number of hydrogen-bond acceptors (Lipinski definition) is 4. The Kier molecular flexibility index (Phi) is 10.1. The van der Waals surface area contributed by atoms with Crippen LogP contribution in [0.2, 0.25) is 0 Å². The van der Waals surface area contributed by atoms with Crippen molar-refractivity contribution in [3.63, 3.8) is 0 Å². The molecule has 9 rings (SSSR count). The minimum Gasteiger partial charge on any atom is -0.456 e. The van der Waals surface area contributed by atoms with Crippen molar-refractivity contribution in [2.24, 2.45) is 0 Å². The quantitative estimate of drug-likeness (QED) is 0.159. The Hall–Kier alpha value is -5.94. The third kappa shape index (κ3) is 6.36. The van der Waals surface area contributed by atoms with E-state index >= 15 is 0 Å². The molecule has 4 nitrogen and oxygen atoms in total. The number of fused-ring (bicyclic) bond motifs is 3.